The topological polar surface area (TPSA) is 81.0 Å². The molecule has 0 fully saturated rings. The SMILES string of the molecule is Cl.ClCCN(CCCl)c1ccc(C=NNc2ncnc(NN=Cc3ccc(N(CCCl)CCCl)cc3)c2Br)cc1. The number of hydrogen-bond donors (Lipinski definition) is 2. The highest BCUT2D eigenvalue weighted by Crippen LogP contribution is 2.26. The van der Waals surface area contributed by atoms with Crippen LogP contribution in [0.5, 0.6) is 0 Å². The molecule has 0 saturated heterocycles. The van der Waals surface area contributed by atoms with E-state index in [0.717, 1.165) is 48.7 Å². The first-order valence-corrected chi connectivity index (χ1v) is 15.0. The summed E-state index contributed by atoms with van der Waals surface area (Å²) in [5, 5.41) is 8.60. The normalized spacial score (nSPS) is 11.0. The van der Waals surface area contributed by atoms with Crippen LogP contribution in [0.15, 0.2) is 69.5 Å². The van der Waals surface area contributed by atoms with Gasteiger partial charge in [-0.2, -0.15) is 10.2 Å². The summed E-state index contributed by atoms with van der Waals surface area (Å²) in [7, 11) is 0. The lowest BCUT2D eigenvalue weighted by Gasteiger charge is -2.22. The maximum Gasteiger partial charge on any atom is 0.166 e. The van der Waals surface area contributed by atoms with Gasteiger partial charge in [-0.05, 0) is 51.3 Å². The molecule has 1 aromatic heterocycles. The molecular weight excluding hydrogens is 682 g/mol. The van der Waals surface area contributed by atoms with E-state index in [-0.39, 0.29) is 12.4 Å². The van der Waals surface area contributed by atoms with Crippen molar-refractivity contribution in [2.45, 2.75) is 0 Å². The Morgan fingerprint density at radius 2 is 1.00 bits per heavy atom. The third-order valence-electron chi connectivity index (χ3n) is 5.49. The van der Waals surface area contributed by atoms with Crippen LogP contribution >= 0.6 is 74.7 Å². The van der Waals surface area contributed by atoms with Gasteiger partial charge < -0.3 is 9.80 Å². The second-order valence-corrected chi connectivity index (χ2v) is 10.3. The maximum atomic E-state index is 5.90. The van der Waals surface area contributed by atoms with Gasteiger partial charge in [0, 0.05) is 61.1 Å². The van der Waals surface area contributed by atoms with Crippen LogP contribution < -0.4 is 20.7 Å². The van der Waals surface area contributed by atoms with Gasteiger partial charge in [-0.25, -0.2) is 9.97 Å². The molecule has 0 aliphatic carbocycles. The molecule has 0 saturated carbocycles. The van der Waals surface area contributed by atoms with E-state index < -0.39 is 0 Å². The van der Waals surface area contributed by atoms with Gasteiger partial charge in [-0.3, -0.25) is 10.9 Å². The molecule has 2 N–H and O–H groups in total. The summed E-state index contributed by atoms with van der Waals surface area (Å²) in [4.78, 5) is 12.8. The zero-order valence-electron chi connectivity index (χ0n) is 21.5. The summed E-state index contributed by atoms with van der Waals surface area (Å²) in [6.45, 7) is 2.95. The minimum absolute atomic E-state index is 0. The van der Waals surface area contributed by atoms with Gasteiger partial charge >= 0.3 is 0 Å². The van der Waals surface area contributed by atoms with Gasteiger partial charge in [-0.1, -0.05) is 24.3 Å². The van der Waals surface area contributed by atoms with Gasteiger partial charge in [0.2, 0.25) is 0 Å². The highest BCUT2D eigenvalue weighted by atomic mass is 79.9. The first-order valence-electron chi connectivity index (χ1n) is 12.1. The van der Waals surface area contributed by atoms with E-state index in [9.17, 15) is 0 Å². The molecule has 0 spiro atoms. The van der Waals surface area contributed by atoms with Gasteiger partial charge in [0.25, 0.3) is 0 Å². The van der Waals surface area contributed by atoms with E-state index in [1.54, 1.807) is 12.4 Å². The zero-order valence-corrected chi connectivity index (χ0v) is 26.9. The van der Waals surface area contributed by atoms with E-state index in [4.69, 9.17) is 46.4 Å². The van der Waals surface area contributed by atoms with E-state index in [1.165, 1.54) is 6.33 Å². The van der Waals surface area contributed by atoms with Crippen LogP contribution in [0.4, 0.5) is 23.0 Å². The number of anilines is 4. The molecule has 14 heteroatoms. The van der Waals surface area contributed by atoms with E-state index in [2.05, 4.69) is 56.8 Å². The van der Waals surface area contributed by atoms with Crippen molar-refractivity contribution in [3.05, 3.63) is 70.5 Å². The van der Waals surface area contributed by atoms with E-state index in [0.29, 0.717) is 39.6 Å². The molecule has 0 bridgehead atoms. The summed E-state index contributed by atoms with van der Waals surface area (Å²) in [6.07, 6.45) is 4.85. The lowest BCUT2D eigenvalue weighted by Crippen LogP contribution is -2.27. The van der Waals surface area contributed by atoms with Crippen molar-refractivity contribution in [1.29, 1.82) is 0 Å². The monoisotopic (exact) mass is 708 g/mol. The maximum absolute atomic E-state index is 5.90. The molecule has 3 rings (SSSR count). The molecular formula is C26H30BrCl5N8. The van der Waals surface area contributed by atoms with Crippen molar-refractivity contribution < 1.29 is 0 Å². The van der Waals surface area contributed by atoms with Gasteiger partial charge in [0.1, 0.15) is 10.8 Å². The molecule has 8 nitrogen and oxygen atoms in total. The zero-order chi connectivity index (χ0) is 27.9. The average Bonchev–Trinajstić information content (AvgIpc) is 2.95. The van der Waals surface area contributed by atoms with E-state index >= 15 is 0 Å². The summed E-state index contributed by atoms with van der Waals surface area (Å²) in [5.74, 6) is 3.14. The largest absolute Gasteiger partial charge is 0.369 e. The Kier molecular flexibility index (Phi) is 16.4. The summed E-state index contributed by atoms with van der Waals surface area (Å²) in [5.41, 5.74) is 9.85. The minimum Gasteiger partial charge on any atom is -0.369 e. The fourth-order valence-electron chi connectivity index (χ4n) is 3.55. The van der Waals surface area contributed by atoms with Crippen LogP contribution in [-0.2, 0) is 0 Å². The second-order valence-electron chi connectivity index (χ2n) is 8.04. The molecule has 0 radical (unpaired) electrons. The number of alkyl halides is 4. The molecule has 40 heavy (non-hydrogen) atoms. The number of nitrogens with zero attached hydrogens (tertiary/aromatic N) is 6. The highest BCUT2D eigenvalue weighted by molar-refractivity contribution is 9.10. The van der Waals surface area contributed by atoms with Crippen molar-refractivity contribution in [2.24, 2.45) is 10.2 Å². The molecule has 1 heterocycles. The molecule has 3 aromatic rings. The number of benzene rings is 2. The van der Waals surface area contributed by atoms with Crippen LogP contribution in [-0.4, -0.2) is 72.1 Å². The standard InChI is InChI=1S/C26H29BrCl4N8.ClH/c27-24-25(36-34-17-20-1-5-22(6-2-20)38(13-9-28)14-10-29)32-19-33-26(24)37-35-18-21-3-7-23(8-4-21)39(15-11-30)16-12-31;/h1-8,17-19H,9-16H2,(H2,32,33,36,37);1H. The van der Waals surface area contributed by atoms with Crippen molar-refractivity contribution in [3.63, 3.8) is 0 Å². The highest BCUT2D eigenvalue weighted by Gasteiger charge is 2.08. The van der Waals surface area contributed by atoms with Crippen molar-refractivity contribution >= 4 is 110 Å². The Bertz CT molecular complexity index is 1100. The Labute approximate surface area is 269 Å². The number of hydrazone groups is 2. The van der Waals surface area contributed by atoms with Gasteiger partial charge in [0.05, 0.1) is 12.4 Å². The number of hydrogen-bond acceptors (Lipinski definition) is 8. The summed E-state index contributed by atoms with van der Waals surface area (Å²) < 4.78 is 0.598. The average molecular weight is 712 g/mol. The van der Waals surface area contributed by atoms with Gasteiger partial charge in [-0.15, -0.1) is 58.8 Å². The third-order valence-corrected chi connectivity index (χ3v) is 6.92. The van der Waals surface area contributed by atoms with Crippen LogP contribution in [0.3, 0.4) is 0 Å². The molecule has 0 aliphatic rings. The minimum atomic E-state index is 0. The van der Waals surface area contributed by atoms with Crippen LogP contribution in [0.1, 0.15) is 11.1 Å². The number of nitrogens with one attached hydrogen (secondary N) is 2. The van der Waals surface area contributed by atoms with E-state index in [1.807, 2.05) is 48.5 Å². The molecule has 216 valence electrons. The first kappa shape index (κ1) is 34.2. The second kappa shape index (κ2) is 19.2. The Morgan fingerprint density at radius 1 is 0.650 bits per heavy atom. The fourth-order valence-corrected chi connectivity index (χ4v) is 4.75. The Balaban J connectivity index is 0.00000560. The summed E-state index contributed by atoms with van der Waals surface area (Å²) in [6, 6.07) is 16.0. The lowest BCUT2D eigenvalue weighted by atomic mass is 10.2. The quantitative estimate of drug-likeness (QED) is 0.0937. The number of halogens is 6. The molecule has 0 atom stereocenters. The molecule has 2 aromatic carbocycles. The summed E-state index contributed by atoms with van der Waals surface area (Å²) >= 11 is 27.1. The van der Waals surface area contributed by atoms with Crippen molar-refractivity contribution in [2.75, 3.05) is 70.4 Å². The Hall–Kier alpha value is -2.01. The van der Waals surface area contributed by atoms with Gasteiger partial charge in [0.15, 0.2) is 11.6 Å². The van der Waals surface area contributed by atoms with Crippen LogP contribution in [0.25, 0.3) is 0 Å². The van der Waals surface area contributed by atoms with Crippen LogP contribution in [0, 0.1) is 0 Å². The number of rotatable bonds is 16. The third kappa shape index (κ3) is 10.8. The predicted octanol–water partition coefficient (Wildman–Crippen LogP) is 7.12. The van der Waals surface area contributed by atoms with Crippen LogP contribution in [0.2, 0.25) is 0 Å². The van der Waals surface area contributed by atoms with Crippen molar-refractivity contribution in [1.82, 2.24) is 9.97 Å². The molecule has 0 unspecified atom stereocenters. The number of aromatic nitrogens is 2. The lowest BCUT2D eigenvalue weighted by molar-refractivity contribution is 0.874. The molecule has 0 amide bonds. The Morgan fingerprint density at radius 3 is 1.32 bits per heavy atom. The smallest absolute Gasteiger partial charge is 0.166 e. The first-order chi connectivity index (χ1) is 19.1. The molecule has 0 aliphatic heterocycles. The predicted molar refractivity (Wildman–Crippen MR) is 180 cm³/mol. The van der Waals surface area contributed by atoms with Crippen molar-refractivity contribution in [3.8, 4) is 0 Å². The fraction of sp³-hybridized carbons (Fsp3) is 0.308.